The fourth-order valence-electron chi connectivity index (χ4n) is 4.01. The van der Waals surface area contributed by atoms with Gasteiger partial charge in [0.25, 0.3) is 14.1 Å². The van der Waals surface area contributed by atoms with Crippen LogP contribution in [0.25, 0.3) is 11.2 Å². The van der Waals surface area contributed by atoms with Crippen LogP contribution in [-0.4, -0.2) is 72.7 Å². The standard InChI is InChI=1S/C23H36N7O6P/c1-13(2)21(32)27-23-26-20-19(22(33)28-23)25-12-29(20)18-10-16(17(11-31)35-18)36-37(34-9-7-8-24)30(14(3)4)15(5)6/h12-18,31H,7,9-11H2,1-6H3,(H2,26,27,28,32,33)/t16-,17+,18+,37?/m0/s1. The highest BCUT2D eigenvalue weighted by atomic mass is 31.2. The fraction of sp³-hybridized carbons (Fsp3) is 0.696. The van der Waals surface area contributed by atoms with Crippen molar-refractivity contribution in [1.82, 2.24) is 24.2 Å². The van der Waals surface area contributed by atoms with E-state index < -0.39 is 32.5 Å². The number of amides is 1. The number of imidazole rings is 1. The summed E-state index contributed by atoms with van der Waals surface area (Å²) in [4.78, 5) is 35.8. The van der Waals surface area contributed by atoms with E-state index in [9.17, 15) is 14.7 Å². The summed E-state index contributed by atoms with van der Waals surface area (Å²) in [7, 11) is -1.55. The van der Waals surface area contributed by atoms with Crippen LogP contribution in [-0.2, 0) is 18.6 Å². The first-order valence-electron chi connectivity index (χ1n) is 12.4. The second-order valence-electron chi connectivity index (χ2n) is 9.62. The Labute approximate surface area is 217 Å². The summed E-state index contributed by atoms with van der Waals surface area (Å²) in [5.41, 5.74) is -0.154. The van der Waals surface area contributed by atoms with Crippen molar-refractivity contribution >= 4 is 31.5 Å². The molecule has 1 saturated heterocycles. The summed E-state index contributed by atoms with van der Waals surface area (Å²) in [6.07, 6.45) is 0.207. The van der Waals surface area contributed by atoms with Crippen LogP contribution >= 0.6 is 8.53 Å². The monoisotopic (exact) mass is 537 g/mol. The first kappa shape index (κ1) is 29.1. The maximum atomic E-state index is 12.6. The van der Waals surface area contributed by atoms with Crippen LogP contribution in [0, 0.1) is 17.2 Å². The van der Waals surface area contributed by atoms with E-state index in [4.69, 9.17) is 19.0 Å². The third-order valence-electron chi connectivity index (χ3n) is 5.76. The lowest BCUT2D eigenvalue weighted by Crippen LogP contribution is -2.36. The lowest BCUT2D eigenvalue weighted by Gasteiger charge is -2.37. The molecule has 0 radical (unpaired) electrons. The highest BCUT2D eigenvalue weighted by Gasteiger charge is 2.41. The Bertz CT molecular complexity index is 1150. The third kappa shape index (κ3) is 6.90. The number of H-pyrrole nitrogens is 1. The average molecular weight is 538 g/mol. The summed E-state index contributed by atoms with van der Waals surface area (Å²) in [6.45, 7) is 11.6. The van der Waals surface area contributed by atoms with Gasteiger partial charge < -0.3 is 18.9 Å². The lowest BCUT2D eigenvalue weighted by molar-refractivity contribution is -0.118. The SMILES string of the molecule is CC(C)C(=O)Nc1nc2c(ncn2[C@H]2C[C@H](OP(OCCC#N)N(C(C)C)C(C)C)[C@@H](CO)O2)c(=O)[nH]1. The largest absolute Gasteiger partial charge is 0.394 e. The molecule has 1 unspecified atom stereocenters. The molecule has 0 spiro atoms. The average Bonchev–Trinajstić information content (AvgIpc) is 3.42. The minimum absolute atomic E-state index is 0.0152. The molecule has 37 heavy (non-hydrogen) atoms. The summed E-state index contributed by atoms with van der Waals surface area (Å²) in [6, 6.07) is 2.31. The van der Waals surface area contributed by atoms with Crippen LogP contribution in [0.4, 0.5) is 5.95 Å². The van der Waals surface area contributed by atoms with Crippen molar-refractivity contribution in [3.63, 3.8) is 0 Å². The second-order valence-corrected chi connectivity index (χ2v) is 11.0. The first-order valence-corrected chi connectivity index (χ1v) is 13.5. The molecule has 204 valence electrons. The number of aromatic amines is 1. The summed E-state index contributed by atoms with van der Waals surface area (Å²) < 4.78 is 22.2. The number of nitriles is 1. The quantitative estimate of drug-likeness (QED) is 0.270. The molecule has 0 bridgehead atoms. The van der Waals surface area contributed by atoms with E-state index in [1.807, 2.05) is 27.7 Å². The molecule has 14 heteroatoms. The number of hydrogen-bond acceptors (Lipinski definition) is 10. The lowest BCUT2D eigenvalue weighted by atomic mass is 10.2. The zero-order valence-electron chi connectivity index (χ0n) is 22.0. The highest BCUT2D eigenvalue weighted by Crippen LogP contribution is 2.50. The molecular formula is C23H36N7O6P. The van der Waals surface area contributed by atoms with Crippen LogP contribution in [0.3, 0.4) is 0 Å². The van der Waals surface area contributed by atoms with Gasteiger partial charge in [-0.1, -0.05) is 13.8 Å². The third-order valence-corrected chi connectivity index (χ3v) is 7.91. The molecule has 0 saturated carbocycles. The van der Waals surface area contributed by atoms with Crippen molar-refractivity contribution in [3.05, 3.63) is 16.7 Å². The molecule has 1 aliphatic rings. The summed E-state index contributed by atoms with van der Waals surface area (Å²) >= 11 is 0. The molecule has 2 aromatic rings. The van der Waals surface area contributed by atoms with E-state index in [0.717, 1.165) is 0 Å². The second kappa shape index (κ2) is 12.9. The van der Waals surface area contributed by atoms with Crippen molar-refractivity contribution in [1.29, 1.82) is 5.26 Å². The van der Waals surface area contributed by atoms with Gasteiger partial charge in [-0.15, -0.1) is 0 Å². The fourth-order valence-corrected chi connectivity index (χ4v) is 5.77. The van der Waals surface area contributed by atoms with Gasteiger partial charge in [0.05, 0.1) is 38.1 Å². The summed E-state index contributed by atoms with van der Waals surface area (Å²) in [5, 5.41) is 21.6. The number of fused-ring (bicyclic) bond motifs is 1. The molecule has 3 heterocycles. The number of aliphatic hydroxyl groups is 1. The molecule has 4 atom stereocenters. The minimum Gasteiger partial charge on any atom is -0.394 e. The molecule has 0 aliphatic carbocycles. The molecular weight excluding hydrogens is 501 g/mol. The maximum Gasteiger partial charge on any atom is 0.280 e. The zero-order valence-corrected chi connectivity index (χ0v) is 22.9. The van der Waals surface area contributed by atoms with E-state index in [1.54, 1.807) is 18.4 Å². The van der Waals surface area contributed by atoms with Crippen LogP contribution in [0.1, 0.15) is 60.6 Å². The predicted molar refractivity (Wildman–Crippen MR) is 137 cm³/mol. The molecule has 3 rings (SSSR count). The number of carbonyl (C=O) groups is 1. The zero-order chi connectivity index (χ0) is 27.3. The van der Waals surface area contributed by atoms with Crippen LogP contribution < -0.4 is 10.9 Å². The maximum absolute atomic E-state index is 12.6. The topological polar surface area (TPSA) is 168 Å². The van der Waals surface area contributed by atoms with Crippen LogP contribution in [0.15, 0.2) is 11.1 Å². The van der Waals surface area contributed by atoms with E-state index in [2.05, 4.69) is 31.0 Å². The molecule has 2 aromatic heterocycles. The number of carbonyl (C=O) groups excluding carboxylic acids is 1. The van der Waals surface area contributed by atoms with Crippen molar-refractivity contribution in [2.24, 2.45) is 5.92 Å². The van der Waals surface area contributed by atoms with Gasteiger partial charge in [0.1, 0.15) is 12.3 Å². The van der Waals surface area contributed by atoms with Crippen LogP contribution in [0.2, 0.25) is 0 Å². The molecule has 1 amide bonds. The van der Waals surface area contributed by atoms with Crippen molar-refractivity contribution in [2.75, 3.05) is 18.5 Å². The van der Waals surface area contributed by atoms with Gasteiger partial charge in [0, 0.05) is 24.4 Å². The number of anilines is 1. The van der Waals surface area contributed by atoms with Crippen molar-refractivity contribution in [2.45, 2.75) is 84.9 Å². The Kier molecular flexibility index (Phi) is 10.1. The molecule has 0 aromatic carbocycles. The number of hydrogen-bond donors (Lipinski definition) is 3. The first-order chi connectivity index (χ1) is 17.6. The van der Waals surface area contributed by atoms with Gasteiger partial charge in [0.2, 0.25) is 11.9 Å². The van der Waals surface area contributed by atoms with Gasteiger partial charge in [-0.05, 0) is 27.7 Å². The number of nitrogens with one attached hydrogen (secondary N) is 2. The van der Waals surface area contributed by atoms with Crippen molar-refractivity contribution < 1.29 is 23.7 Å². The van der Waals surface area contributed by atoms with Gasteiger partial charge in [-0.3, -0.25) is 24.5 Å². The highest BCUT2D eigenvalue weighted by molar-refractivity contribution is 7.44. The minimum atomic E-state index is -1.55. The number of rotatable bonds is 12. The Morgan fingerprint density at radius 1 is 1.38 bits per heavy atom. The Hall–Kier alpha value is -2.46. The molecule has 3 N–H and O–H groups in total. The number of aromatic nitrogens is 4. The predicted octanol–water partition coefficient (Wildman–Crippen LogP) is 2.66. The Morgan fingerprint density at radius 3 is 2.68 bits per heavy atom. The van der Waals surface area contributed by atoms with Gasteiger partial charge in [-0.2, -0.15) is 10.2 Å². The normalized spacial score (nSPS) is 20.9. The number of ether oxygens (including phenoxy) is 1. The molecule has 1 fully saturated rings. The number of aliphatic hydroxyl groups excluding tert-OH is 1. The molecule has 13 nitrogen and oxygen atoms in total. The van der Waals surface area contributed by atoms with Crippen molar-refractivity contribution in [3.8, 4) is 6.07 Å². The van der Waals surface area contributed by atoms with Gasteiger partial charge >= 0.3 is 0 Å². The van der Waals surface area contributed by atoms with Gasteiger partial charge in [0.15, 0.2) is 11.2 Å². The van der Waals surface area contributed by atoms with E-state index in [0.29, 0.717) is 6.42 Å². The van der Waals surface area contributed by atoms with Gasteiger partial charge in [-0.25, -0.2) is 9.65 Å². The Balaban J connectivity index is 1.87. The van der Waals surface area contributed by atoms with E-state index in [1.165, 1.54) is 6.33 Å². The van der Waals surface area contributed by atoms with E-state index >= 15 is 0 Å². The smallest absolute Gasteiger partial charge is 0.280 e. The Morgan fingerprint density at radius 2 is 2.08 bits per heavy atom. The van der Waals surface area contributed by atoms with Crippen LogP contribution in [0.5, 0.6) is 0 Å². The number of nitrogens with zero attached hydrogens (tertiary/aromatic N) is 5. The molecule has 1 aliphatic heterocycles. The summed E-state index contributed by atoms with van der Waals surface area (Å²) in [5.74, 6) is -0.570. The van der Waals surface area contributed by atoms with E-state index in [-0.39, 0.29) is 60.7 Å².